The number of rotatable bonds is 2. The Morgan fingerprint density at radius 2 is 2.00 bits per heavy atom. The van der Waals surface area contributed by atoms with Gasteiger partial charge >= 0.3 is 0 Å². The van der Waals surface area contributed by atoms with Crippen LogP contribution in [0.2, 0.25) is 0 Å². The van der Waals surface area contributed by atoms with Crippen molar-refractivity contribution >= 4 is 27.3 Å². The van der Waals surface area contributed by atoms with Gasteiger partial charge in [-0.2, -0.15) is 0 Å². The normalized spacial score (nSPS) is 12.7. The SMILES string of the molecule is CC(N)c1csc(-c2ccc(Br)cc2)n1. The van der Waals surface area contributed by atoms with Crippen LogP contribution in [0.3, 0.4) is 0 Å². The van der Waals surface area contributed by atoms with Crippen LogP contribution in [0.5, 0.6) is 0 Å². The first-order chi connectivity index (χ1) is 7.16. The summed E-state index contributed by atoms with van der Waals surface area (Å²) in [6, 6.07) is 8.14. The maximum atomic E-state index is 5.77. The highest BCUT2D eigenvalue weighted by molar-refractivity contribution is 9.10. The number of nitrogens with zero attached hydrogens (tertiary/aromatic N) is 1. The molecule has 0 spiro atoms. The summed E-state index contributed by atoms with van der Waals surface area (Å²) in [5.41, 5.74) is 7.86. The first kappa shape index (κ1) is 10.8. The fourth-order valence-electron chi connectivity index (χ4n) is 1.22. The van der Waals surface area contributed by atoms with E-state index in [-0.39, 0.29) is 6.04 Å². The Balaban J connectivity index is 2.33. The van der Waals surface area contributed by atoms with Crippen molar-refractivity contribution in [2.24, 2.45) is 5.73 Å². The average molecular weight is 283 g/mol. The van der Waals surface area contributed by atoms with E-state index >= 15 is 0 Å². The van der Waals surface area contributed by atoms with Crippen molar-refractivity contribution < 1.29 is 0 Å². The summed E-state index contributed by atoms with van der Waals surface area (Å²) < 4.78 is 1.08. The quantitative estimate of drug-likeness (QED) is 0.914. The van der Waals surface area contributed by atoms with Crippen molar-refractivity contribution in [2.45, 2.75) is 13.0 Å². The number of aromatic nitrogens is 1. The Morgan fingerprint density at radius 3 is 2.53 bits per heavy atom. The number of hydrogen-bond acceptors (Lipinski definition) is 3. The summed E-state index contributed by atoms with van der Waals surface area (Å²) in [5.74, 6) is 0. The maximum Gasteiger partial charge on any atom is 0.123 e. The topological polar surface area (TPSA) is 38.9 Å². The average Bonchev–Trinajstić information content (AvgIpc) is 2.68. The molecule has 0 aliphatic carbocycles. The zero-order valence-corrected chi connectivity index (χ0v) is 10.7. The smallest absolute Gasteiger partial charge is 0.123 e. The Labute approximate surface area is 101 Å². The lowest BCUT2D eigenvalue weighted by Gasteiger charge is -1.98. The largest absolute Gasteiger partial charge is 0.323 e. The van der Waals surface area contributed by atoms with E-state index < -0.39 is 0 Å². The second-order valence-corrected chi connectivity index (χ2v) is 5.15. The summed E-state index contributed by atoms with van der Waals surface area (Å²) >= 11 is 5.04. The molecule has 0 bridgehead atoms. The van der Waals surface area contributed by atoms with Gasteiger partial charge in [0.2, 0.25) is 0 Å². The van der Waals surface area contributed by atoms with Gasteiger partial charge in [0.25, 0.3) is 0 Å². The summed E-state index contributed by atoms with van der Waals surface area (Å²) in [5, 5.41) is 3.04. The molecule has 2 aromatic rings. The second kappa shape index (κ2) is 4.43. The first-order valence-electron chi connectivity index (χ1n) is 4.64. The van der Waals surface area contributed by atoms with Gasteiger partial charge in [-0.15, -0.1) is 11.3 Å². The molecule has 2 N–H and O–H groups in total. The third kappa shape index (κ3) is 2.45. The number of hydrogen-bond donors (Lipinski definition) is 1. The molecule has 2 rings (SSSR count). The van der Waals surface area contributed by atoms with Gasteiger partial charge in [0.1, 0.15) is 5.01 Å². The van der Waals surface area contributed by atoms with E-state index in [2.05, 4.69) is 20.9 Å². The van der Waals surface area contributed by atoms with E-state index in [9.17, 15) is 0 Å². The minimum absolute atomic E-state index is 0.00504. The fourth-order valence-corrected chi connectivity index (χ4v) is 2.41. The molecular weight excluding hydrogens is 272 g/mol. The van der Waals surface area contributed by atoms with Crippen LogP contribution in [0.25, 0.3) is 10.6 Å². The molecule has 0 saturated heterocycles. The summed E-state index contributed by atoms with van der Waals surface area (Å²) in [4.78, 5) is 4.49. The maximum absolute atomic E-state index is 5.77. The summed E-state index contributed by atoms with van der Waals surface area (Å²) in [6.07, 6.45) is 0. The number of thiazole rings is 1. The fraction of sp³-hybridized carbons (Fsp3) is 0.182. The third-order valence-electron chi connectivity index (χ3n) is 2.08. The van der Waals surface area contributed by atoms with Crippen molar-refractivity contribution in [3.8, 4) is 10.6 Å². The lowest BCUT2D eigenvalue weighted by molar-refractivity contribution is 0.790. The molecule has 4 heteroatoms. The predicted molar refractivity (Wildman–Crippen MR) is 67.9 cm³/mol. The van der Waals surface area contributed by atoms with E-state index in [1.54, 1.807) is 11.3 Å². The Bertz CT molecular complexity index is 448. The first-order valence-corrected chi connectivity index (χ1v) is 6.31. The lowest BCUT2D eigenvalue weighted by Crippen LogP contribution is -2.04. The van der Waals surface area contributed by atoms with Crippen LogP contribution in [0, 0.1) is 0 Å². The Kier molecular flexibility index (Phi) is 3.19. The number of nitrogens with two attached hydrogens (primary N) is 1. The van der Waals surface area contributed by atoms with Gasteiger partial charge in [0, 0.05) is 21.5 Å². The molecule has 1 unspecified atom stereocenters. The van der Waals surface area contributed by atoms with Gasteiger partial charge < -0.3 is 5.73 Å². The molecule has 1 aromatic heterocycles. The molecule has 1 atom stereocenters. The minimum Gasteiger partial charge on any atom is -0.323 e. The van der Waals surface area contributed by atoms with Crippen LogP contribution in [0.4, 0.5) is 0 Å². The van der Waals surface area contributed by atoms with Gasteiger partial charge in [-0.05, 0) is 19.1 Å². The van der Waals surface area contributed by atoms with E-state index in [1.165, 1.54) is 0 Å². The van der Waals surface area contributed by atoms with E-state index in [0.29, 0.717) is 0 Å². The molecule has 0 aliphatic rings. The molecule has 0 radical (unpaired) electrons. The van der Waals surface area contributed by atoms with Gasteiger partial charge in [0.15, 0.2) is 0 Å². The highest BCUT2D eigenvalue weighted by Crippen LogP contribution is 2.26. The lowest BCUT2D eigenvalue weighted by atomic mass is 10.2. The van der Waals surface area contributed by atoms with E-state index in [4.69, 9.17) is 5.73 Å². The summed E-state index contributed by atoms with van der Waals surface area (Å²) in [7, 11) is 0. The standard InChI is InChI=1S/C11H11BrN2S/c1-7(13)10-6-15-11(14-10)8-2-4-9(12)5-3-8/h2-7H,13H2,1H3. The van der Waals surface area contributed by atoms with E-state index in [1.807, 2.05) is 36.6 Å². The van der Waals surface area contributed by atoms with Gasteiger partial charge in [-0.3, -0.25) is 0 Å². The molecule has 0 amide bonds. The molecule has 78 valence electrons. The van der Waals surface area contributed by atoms with E-state index in [0.717, 1.165) is 20.7 Å². The van der Waals surface area contributed by atoms with Gasteiger partial charge in [-0.25, -0.2) is 4.98 Å². The van der Waals surface area contributed by atoms with Crippen LogP contribution >= 0.6 is 27.3 Å². The van der Waals surface area contributed by atoms with Crippen molar-refractivity contribution in [1.29, 1.82) is 0 Å². The second-order valence-electron chi connectivity index (χ2n) is 3.37. The van der Waals surface area contributed by atoms with Crippen molar-refractivity contribution in [2.75, 3.05) is 0 Å². The molecule has 0 aliphatic heterocycles. The van der Waals surface area contributed by atoms with Gasteiger partial charge in [-0.1, -0.05) is 28.1 Å². The number of benzene rings is 1. The molecule has 0 fully saturated rings. The molecule has 0 saturated carbocycles. The molecular formula is C11H11BrN2S. The van der Waals surface area contributed by atoms with Crippen LogP contribution in [0.15, 0.2) is 34.1 Å². The van der Waals surface area contributed by atoms with Crippen molar-refractivity contribution in [3.05, 3.63) is 39.8 Å². The minimum atomic E-state index is 0.00504. The molecule has 2 nitrogen and oxygen atoms in total. The Morgan fingerprint density at radius 1 is 1.33 bits per heavy atom. The van der Waals surface area contributed by atoms with Crippen molar-refractivity contribution in [1.82, 2.24) is 4.98 Å². The molecule has 1 heterocycles. The number of halogens is 1. The van der Waals surface area contributed by atoms with Crippen LogP contribution in [-0.4, -0.2) is 4.98 Å². The Hall–Kier alpha value is -0.710. The zero-order valence-electron chi connectivity index (χ0n) is 8.27. The van der Waals surface area contributed by atoms with Crippen LogP contribution in [0.1, 0.15) is 18.7 Å². The highest BCUT2D eigenvalue weighted by atomic mass is 79.9. The van der Waals surface area contributed by atoms with Gasteiger partial charge in [0.05, 0.1) is 5.69 Å². The molecule has 1 aromatic carbocycles. The third-order valence-corrected chi connectivity index (χ3v) is 3.52. The monoisotopic (exact) mass is 282 g/mol. The summed E-state index contributed by atoms with van der Waals surface area (Å²) in [6.45, 7) is 1.94. The van der Waals surface area contributed by atoms with Crippen LogP contribution in [-0.2, 0) is 0 Å². The zero-order chi connectivity index (χ0) is 10.8. The molecule has 15 heavy (non-hydrogen) atoms. The predicted octanol–water partition coefficient (Wildman–Crippen LogP) is 3.59. The highest BCUT2D eigenvalue weighted by Gasteiger charge is 2.07. The van der Waals surface area contributed by atoms with Crippen molar-refractivity contribution in [3.63, 3.8) is 0 Å². The van der Waals surface area contributed by atoms with Crippen LogP contribution < -0.4 is 5.73 Å².